The van der Waals surface area contributed by atoms with Crippen molar-refractivity contribution in [3.63, 3.8) is 0 Å². The molecule has 3 rings (SSSR count). The van der Waals surface area contributed by atoms with E-state index in [1.807, 2.05) is 6.07 Å². The molecule has 0 atom stereocenters. The fraction of sp³-hybridized carbons (Fsp3) is 0.353. The zero-order valence-corrected chi connectivity index (χ0v) is 15.3. The van der Waals surface area contributed by atoms with Gasteiger partial charge in [-0.15, -0.1) is 11.3 Å². The van der Waals surface area contributed by atoms with E-state index in [1.165, 1.54) is 29.0 Å². The molecular formula is C17H20N2O3S2. The summed E-state index contributed by atoms with van der Waals surface area (Å²) in [7, 11) is -3.52. The Morgan fingerprint density at radius 1 is 1.17 bits per heavy atom. The number of hydrogen-bond donors (Lipinski definition) is 2. The Morgan fingerprint density at radius 3 is 2.50 bits per heavy atom. The van der Waals surface area contributed by atoms with Crippen molar-refractivity contribution < 1.29 is 13.2 Å². The zero-order chi connectivity index (χ0) is 17.3. The lowest BCUT2D eigenvalue weighted by atomic mass is 10.2. The van der Waals surface area contributed by atoms with Crippen LogP contribution in [0.25, 0.3) is 0 Å². The molecule has 0 unspecified atom stereocenters. The molecule has 1 aromatic carbocycles. The number of amides is 1. The van der Waals surface area contributed by atoms with Crippen LogP contribution in [0.1, 0.15) is 40.4 Å². The number of sulfonamides is 1. The van der Waals surface area contributed by atoms with E-state index in [9.17, 15) is 13.2 Å². The second-order valence-corrected chi connectivity index (χ2v) is 9.02. The fourth-order valence-electron chi connectivity index (χ4n) is 2.73. The lowest BCUT2D eigenvalue weighted by Crippen LogP contribution is -2.30. The highest BCUT2D eigenvalue weighted by Gasteiger charge is 2.19. The number of rotatable bonds is 5. The van der Waals surface area contributed by atoms with Gasteiger partial charge in [0.2, 0.25) is 10.0 Å². The highest BCUT2D eigenvalue weighted by molar-refractivity contribution is 7.89. The largest absolute Gasteiger partial charge is 0.321 e. The van der Waals surface area contributed by atoms with Crippen LogP contribution in [0.15, 0.2) is 35.2 Å². The molecule has 1 amide bonds. The van der Waals surface area contributed by atoms with E-state index >= 15 is 0 Å². The quantitative estimate of drug-likeness (QED) is 0.856. The minimum Gasteiger partial charge on any atom is -0.321 e. The van der Waals surface area contributed by atoms with Crippen LogP contribution in [0.5, 0.6) is 0 Å². The van der Waals surface area contributed by atoms with Gasteiger partial charge >= 0.3 is 0 Å². The molecule has 24 heavy (non-hydrogen) atoms. The van der Waals surface area contributed by atoms with Gasteiger partial charge in [-0.05, 0) is 69.0 Å². The Morgan fingerprint density at radius 2 is 1.88 bits per heavy atom. The van der Waals surface area contributed by atoms with Gasteiger partial charge in [0.25, 0.3) is 5.91 Å². The van der Waals surface area contributed by atoms with E-state index in [-0.39, 0.29) is 16.8 Å². The van der Waals surface area contributed by atoms with Gasteiger partial charge in [-0.1, -0.05) is 0 Å². The number of aryl methyl sites for hydroxylation is 2. The number of thiophene rings is 1. The summed E-state index contributed by atoms with van der Waals surface area (Å²) in [5, 5.41) is 2.82. The minimum absolute atomic E-state index is 0.148. The van der Waals surface area contributed by atoms with Gasteiger partial charge in [0.15, 0.2) is 0 Å². The first kappa shape index (κ1) is 17.1. The van der Waals surface area contributed by atoms with Gasteiger partial charge in [-0.2, -0.15) is 0 Å². The molecule has 128 valence electrons. The average molecular weight is 364 g/mol. The van der Waals surface area contributed by atoms with Crippen molar-refractivity contribution in [1.82, 2.24) is 4.72 Å². The Balaban J connectivity index is 1.70. The normalized spacial score (nSPS) is 14.0. The summed E-state index contributed by atoms with van der Waals surface area (Å²) in [6.45, 7) is 3.54. The van der Waals surface area contributed by atoms with Crippen molar-refractivity contribution in [3.05, 3.63) is 45.6 Å². The fourth-order valence-corrected chi connectivity index (χ4v) is 5.13. The maximum absolute atomic E-state index is 12.3. The Kier molecular flexibility index (Phi) is 4.76. The van der Waals surface area contributed by atoms with Crippen LogP contribution in [-0.4, -0.2) is 20.4 Å². The van der Waals surface area contributed by atoms with E-state index in [1.54, 1.807) is 37.3 Å². The van der Waals surface area contributed by atoms with Crippen LogP contribution >= 0.6 is 11.3 Å². The number of nitrogens with one attached hydrogen (secondary N) is 2. The molecule has 7 heteroatoms. The third-order valence-corrected chi connectivity index (χ3v) is 6.69. The highest BCUT2D eigenvalue weighted by atomic mass is 32.2. The van der Waals surface area contributed by atoms with Gasteiger partial charge in [0.05, 0.1) is 9.77 Å². The van der Waals surface area contributed by atoms with Crippen LogP contribution in [0.2, 0.25) is 0 Å². The maximum Gasteiger partial charge on any atom is 0.265 e. The molecule has 0 fully saturated rings. The smallest absolute Gasteiger partial charge is 0.265 e. The molecule has 2 N–H and O–H groups in total. The van der Waals surface area contributed by atoms with E-state index < -0.39 is 10.0 Å². The molecule has 0 spiro atoms. The van der Waals surface area contributed by atoms with E-state index in [2.05, 4.69) is 10.0 Å². The van der Waals surface area contributed by atoms with Crippen molar-refractivity contribution in [3.8, 4) is 0 Å². The second-order valence-electron chi connectivity index (χ2n) is 6.17. The summed E-state index contributed by atoms with van der Waals surface area (Å²) >= 11 is 1.55. The Hall–Kier alpha value is -1.70. The number of fused-ring (bicyclic) bond motifs is 1. The molecule has 0 aliphatic heterocycles. The number of benzene rings is 1. The van der Waals surface area contributed by atoms with Gasteiger partial charge in [0, 0.05) is 16.6 Å². The summed E-state index contributed by atoms with van der Waals surface area (Å²) in [5.41, 5.74) is 1.86. The molecule has 1 aliphatic carbocycles. The summed E-state index contributed by atoms with van der Waals surface area (Å²) in [5.74, 6) is -0.148. The van der Waals surface area contributed by atoms with Gasteiger partial charge in [-0.25, -0.2) is 13.1 Å². The number of anilines is 1. The maximum atomic E-state index is 12.3. The summed E-state index contributed by atoms with van der Waals surface area (Å²) in [4.78, 5) is 14.5. The second kappa shape index (κ2) is 6.66. The minimum atomic E-state index is -3.52. The van der Waals surface area contributed by atoms with E-state index in [0.717, 1.165) is 12.8 Å². The molecular weight excluding hydrogens is 344 g/mol. The van der Waals surface area contributed by atoms with Crippen molar-refractivity contribution >= 4 is 33.0 Å². The topological polar surface area (TPSA) is 75.3 Å². The summed E-state index contributed by atoms with van der Waals surface area (Å²) < 4.78 is 26.7. The predicted octanol–water partition coefficient (Wildman–Crippen LogP) is 3.18. The number of carbonyl (C=O) groups is 1. The van der Waals surface area contributed by atoms with E-state index in [4.69, 9.17) is 0 Å². The molecule has 2 aromatic rings. The third-order valence-electron chi connectivity index (χ3n) is 3.78. The molecule has 5 nitrogen and oxygen atoms in total. The van der Waals surface area contributed by atoms with Gasteiger partial charge in [0.1, 0.15) is 0 Å². The van der Waals surface area contributed by atoms with Crippen molar-refractivity contribution in [2.45, 2.75) is 44.0 Å². The first-order chi connectivity index (χ1) is 11.3. The lowest BCUT2D eigenvalue weighted by Gasteiger charge is -2.10. The number of hydrogen-bond acceptors (Lipinski definition) is 4. The van der Waals surface area contributed by atoms with Crippen LogP contribution in [0, 0.1) is 0 Å². The summed E-state index contributed by atoms with van der Waals surface area (Å²) in [6, 6.07) is 7.99. The van der Waals surface area contributed by atoms with Crippen molar-refractivity contribution in [2.24, 2.45) is 0 Å². The van der Waals surface area contributed by atoms with Crippen molar-refractivity contribution in [1.29, 1.82) is 0 Å². The van der Waals surface area contributed by atoms with Gasteiger partial charge < -0.3 is 5.32 Å². The summed E-state index contributed by atoms with van der Waals surface area (Å²) in [6.07, 6.45) is 3.28. The zero-order valence-electron chi connectivity index (χ0n) is 13.6. The van der Waals surface area contributed by atoms with Crippen LogP contribution in [-0.2, 0) is 22.9 Å². The molecule has 0 bridgehead atoms. The lowest BCUT2D eigenvalue weighted by molar-refractivity contribution is 0.103. The number of carbonyl (C=O) groups excluding carboxylic acids is 1. The Labute approximate surface area is 146 Å². The predicted molar refractivity (Wildman–Crippen MR) is 96.2 cm³/mol. The standard InChI is InChI=1S/C17H20N2O3S2/c1-11(2)19-24(21,22)14-8-6-13(7-9-14)18-17(20)16-10-12-4-3-5-15(12)23-16/h6-11,19H,3-5H2,1-2H3,(H,18,20). The first-order valence-electron chi connectivity index (χ1n) is 7.90. The highest BCUT2D eigenvalue weighted by Crippen LogP contribution is 2.31. The molecule has 0 saturated heterocycles. The molecule has 0 radical (unpaired) electrons. The molecule has 1 heterocycles. The first-order valence-corrected chi connectivity index (χ1v) is 10.2. The van der Waals surface area contributed by atoms with Crippen molar-refractivity contribution in [2.75, 3.05) is 5.32 Å². The molecule has 1 aliphatic rings. The van der Waals surface area contributed by atoms with Crippen LogP contribution in [0.4, 0.5) is 5.69 Å². The molecule has 0 saturated carbocycles. The van der Waals surface area contributed by atoms with Gasteiger partial charge in [-0.3, -0.25) is 4.79 Å². The molecule has 1 aromatic heterocycles. The average Bonchev–Trinajstić information content (AvgIpc) is 3.07. The SMILES string of the molecule is CC(C)NS(=O)(=O)c1ccc(NC(=O)c2cc3c(s2)CCC3)cc1. The van der Waals surface area contributed by atoms with Crippen LogP contribution in [0.3, 0.4) is 0 Å². The van der Waals surface area contributed by atoms with E-state index in [0.29, 0.717) is 10.6 Å². The third kappa shape index (κ3) is 3.68. The van der Waals surface area contributed by atoms with Crippen LogP contribution < -0.4 is 10.0 Å². The Bertz CT molecular complexity index is 831. The monoisotopic (exact) mass is 364 g/mol.